The van der Waals surface area contributed by atoms with Crippen molar-refractivity contribution in [3.8, 4) is 11.8 Å². The van der Waals surface area contributed by atoms with Crippen LogP contribution in [0.2, 0.25) is 0 Å². The molecule has 2 nitrogen and oxygen atoms in total. The highest BCUT2D eigenvalue weighted by atomic mass is 15.2. The van der Waals surface area contributed by atoms with E-state index in [0.717, 1.165) is 25.2 Å². The highest BCUT2D eigenvalue weighted by Crippen LogP contribution is 2.13. The average molecular weight is 214 g/mol. The third-order valence-corrected chi connectivity index (χ3v) is 3.06. The van der Waals surface area contributed by atoms with Crippen molar-refractivity contribution in [2.45, 2.75) is 13.0 Å². The molecule has 1 aliphatic rings. The van der Waals surface area contributed by atoms with Gasteiger partial charge in [0, 0.05) is 24.7 Å². The van der Waals surface area contributed by atoms with Crippen LogP contribution in [0, 0.1) is 17.8 Å². The first-order chi connectivity index (χ1) is 7.75. The summed E-state index contributed by atoms with van der Waals surface area (Å²) in [5, 5.41) is 0. The van der Waals surface area contributed by atoms with Gasteiger partial charge in [0.15, 0.2) is 0 Å². The van der Waals surface area contributed by atoms with Crippen LogP contribution in [0.1, 0.15) is 12.5 Å². The molecule has 2 heteroatoms. The second-order valence-corrected chi connectivity index (χ2v) is 4.50. The standard InChI is InChI=1S/C14H18N2/c1-12-10-16(11-14(12)15)9-5-8-13-6-3-2-4-7-13/h2-4,6-7,12,14H,9-11,15H2,1H3. The Morgan fingerprint density at radius 2 is 2.06 bits per heavy atom. The van der Waals surface area contributed by atoms with Crippen LogP contribution in [0.15, 0.2) is 30.3 Å². The predicted octanol–water partition coefficient (Wildman–Crippen LogP) is 1.32. The Labute approximate surface area is 97.4 Å². The number of benzene rings is 1. The molecular formula is C14H18N2. The summed E-state index contributed by atoms with van der Waals surface area (Å²) < 4.78 is 0. The van der Waals surface area contributed by atoms with Gasteiger partial charge in [0.1, 0.15) is 0 Å². The first-order valence-corrected chi connectivity index (χ1v) is 5.77. The molecule has 0 amide bonds. The van der Waals surface area contributed by atoms with Crippen molar-refractivity contribution in [2.24, 2.45) is 11.7 Å². The summed E-state index contributed by atoms with van der Waals surface area (Å²) in [5.74, 6) is 6.97. The lowest BCUT2D eigenvalue weighted by molar-refractivity contribution is 0.368. The molecule has 0 radical (unpaired) electrons. The summed E-state index contributed by atoms with van der Waals surface area (Å²) in [7, 11) is 0. The van der Waals surface area contributed by atoms with E-state index in [4.69, 9.17) is 5.73 Å². The third-order valence-electron chi connectivity index (χ3n) is 3.06. The summed E-state index contributed by atoms with van der Waals surface area (Å²) in [6, 6.07) is 10.4. The van der Waals surface area contributed by atoms with E-state index in [9.17, 15) is 0 Å². The van der Waals surface area contributed by atoms with E-state index in [1.165, 1.54) is 0 Å². The molecule has 0 saturated carbocycles. The molecule has 1 saturated heterocycles. The SMILES string of the molecule is CC1CN(CC#Cc2ccccc2)CC1N. The van der Waals surface area contributed by atoms with Crippen LogP contribution in [-0.2, 0) is 0 Å². The molecule has 1 aromatic rings. The molecule has 2 atom stereocenters. The van der Waals surface area contributed by atoms with Gasteiger partial charge >= 0.3 is 0 Å². The highest BCUT2D eigenvalue weighted by Gasteiger charge is 2.25. The summed E-state index contributed by atoms with van der Waals surface area (Å²) in [4.78, 5) is 2.32. The molecule has 1 fully saturated rings. The van der Waals surface area contributed by atoms with Crippen molar-refractivity contribution in [3.05, 3.63) is 35.9 Å². The maximum atomic E-state index is 5.96. The largest absolute Gasteiger partial charge is 0.326 e. The Hall–Kier alpha value is -1.30. The van der Waals surface area contributed by atoms with E-state index in [0.29, 0.717) is 12.0 Å². The first-order valence-electron chi connectivity index (χ1n) is 5.77. The van der Waals surface area contributed by atoms with Crippen LogP contribution < -0.4 is 5.73 Å². The van der Waals surface area contributed by atoms with Crippen molar-refractivity contribution in [1.29, 1.82) is 0 Å². The van der Waals surface area contributed by atoms with Crippen molar-refractivity contribution in [2.75, 3.05) is 19.6 Å². The van der Waals surface area contributed by atoms with Gasteiger partial charge in [-0.1, -0.05) is 37.0 Å². The first kappa shape index (κ1) is 11.2. The minimum absolute atomic E-state index is 0.318. The lowest BCUT2D eigenvalue weighted by Crippen LogP contribution is -2.28. The van der Waals surface area contributed by atoms with E-state index in [1.807, 2.05) is 30.3 Å². The van der Waals surface area contributed by atoms with E-state index < -0.39 is 0 Å². The number of rotatable bonds is 1. The fourth-order valence-electron chi connectivity index (χ4n) is 2.00. The van der Waals surface area contributed by atoms with Gasteiger partial charge in [-0.15, -0.1) is 0 Å². The van der Waals surface area contributed by atoms with E-state index >= 15 is 0 Å². The molecule has 16 heavy (non-hydrogen) atoms. The van der Waals surface area contributed by atoms with Crippen molar-refractivity contribution in [3.63, 3.8) is 0 Å². The molecule has 1 aliphatic heterocycles. The zero-order valence-corrected chi connectivity index (χ0v) is 9.69. The highest BCUT2D eigenvalue weighted by molar-refractivity contribution is 5.33. The molecule has 1 heterocycles. The summed E-state index contributed by atoms with van der Waals surface area (Å²) >= 11 is 0. The molecule has 0 spiro atoms. The van der Waals surface area contributed by atoms with Gasteiger partial charge in [-0.05, 0) is 18.1 Å². The van der Waals surface area contributed by atoms with Gasteiger partial charge in [-0.3, -0.25) is 4.90 Å². The lowest BCUT2D eigenvalue weighted by Gasteiger charge is -2.09. The van der Waals surface area contributed by atoms with Gasteiger partial charge in [0.05, 0.1) is 6.54 Å². The van der Waals surface area contributed by atoms with Crippen molar-refractivity contribution >= 4 is 0 Å². The summed E-state index contributed by atoms with van der Waals surface area (Å²) in [5.41, 5.74) is 7.04. The summed E-state index contributed by atoms with van der Waals surface area (Å²) in [6.07, 6.45) is 0. The molecule has 0 bridgehead atoms. The molecule has 84 valence electrons. The maximum absolute atomic E-state index is 5.96. The third kappa shape index (κ3) is 2.85. The monoisotopic (exact) mass is 214 g/mol. The normalized spacial score (nSPS) is 25.1. The van der Waals surface area contributed by atoms with Gasteiger partial charge < -0.3 is 5.73 Å². The fraction of sp³-hybridized carbons (Fsp3) is 0.429. The number of likely N-dealkylation sites (tertiary alicyclic amines) is 1. The van der Waals surface area contributed by atoms with Crippen LogP contribution in [0.5, 0.6) is 0 Å². The predicted molar refractivity (Wildman–Crippen MR) is 66.9 cm³/mol. The van der Waals surface area contributed by atoms with E-state index in [1.54, 1.807) is 0 Å². The smallest absolute Gasteiger partial charge is 0.0606 e. The summed E-state index contributed by atoms with van der Waals surface area (Å²) in [6.45, 7) is 5.08. The molecule has 2 unspecified atom stereocenters. The number of hydrogen-bond donors (Lipinski definition) is 1. The van der Waals surface area contributed by atoms with Crippen molar-refractivity contribution < 1.29 is 0 Å². The molecule has 2 rings (SSSR count). The van der Waals surface area contributed by atoms with Gasteiger partial charge in [0.2, 0.25) is 0 Å². The van der Waals surface area contributed by atoms with Crippen LogP contribution in [0.4, 0.5) is 0 Å². The topological polar surface area (TPSA) is 29.3 Å². The van der Waals surface area contributed by atoms with Crippen LogP contribution >= 0.6 is 0 Å². The zero-order chi connectivity index (χ0) is 11.4. The Bertz CT molecular complexity index is 378. The average Bonchev–Trinajstić information content (AvgIpc) is 2.60. The second-order valence-electron chi connectivity index (χ2n) is 4.50. The zero-order valence-electron chi connectivity index (χ0n) is 9.69. The molecule has 0 aromatic heterocycles. The number of nitrogens with zero attached hydrogens (tertiary/aromatic N) is 1. The maximum Gasteiger partial charge on any atom is 0.0606 e. The van der Waals surface area contributed by atoms with Gasteiger partial charge in [-0.25, -0.2) is 0 Å². The fourth-order valence-corrected chi connectivity index (χ4v) is 2.00. The Morgan fingerprint density at radius 3 is 2.69 bits per heavy atom. The molecule has 0 aliphatic carbocycles. The quantitative estimate of drug-likeness (QED) is 0.714. The lowest BCUT2D eigenvalue weighted by atomic mass is 10.1. The number of hydrogen-bond acceptors (Lipinski definition) is 2. The number of nitrogens with two attached hydrogens (primary N) is 1. The molecule has 2 N–H and O–H groups in total. The van der Waals surface area contributed by atoms with Crippen LogP contribution in [0.3, 0.4) is 0 Å². The second kappa shape index (κ2) is 5.16. The van der Waals surface area contributed by atoms with Crippen LogP contribution in [-0.4, -0.2) is 30.6 Å². The van der Waals surface area contributed by atoms with Gasteiger partial charge in [-0.2, -0.15) is 0 Å². The van der Waals surface area contributed by atoms with E-state index in [2.05, 4.69) is 23.7 Å². The van der Waals surface area contributed by atoms with Gasteiger partial charge in [0.25, 0.3) is 0 Å². The van der Waals surface area contributed by atoms with E-state index in [-0.39, 0.29) is 0 Å². The van der Waals surface area contributed by atoms with Crippen LogP contribution in [0.25, 0.3) is 0 Å². The minimum Gasteiger partial charge on any atom is -0.326 e. The Kier molecular flexibility index (Phi) is 3.61. The minimum atomic E-state index is 0.318. The molecule has 1 aromatic carbocycles. The Morgan fingerprint density at radius 1 is 1.31 bits per heavy atom. The molecular weight excluding hydrogens is 196 g/mol. The Balaban J connectivity index is 1.87. The van der Waals surface area contributed by atoms with Crippen molar-refractivity contribution in [1.82, 2.24) is 4.90 Å².